The standard InChI is InChI=1S/C22H31N3O4/c1-15(2)19(24-20(26)16-9-4-3-5-10-16)21(27)29-14-8-13-25-18-12-7-6-11-17(18)23-22(25)28/h6-7,11-12,15-16,19H,3-5,8-10,13-14H2,1-2H3,(H,23,28)(H,24,26). The Bertz CT molecular complexity index is 893. The molecule has 1 amide bonds. The Balaban J connectivity index is 1.50. The van der Waals surface area contributed by atoms with E-state index in [0.717, 1.165) is 36.7 Å². The highest BCUT2D eigenvalue weighted by Crippen LogP contribution is 2.24. The van der Waals surface area contributed by atoms with Crippen molar-refractivity contribution in [3.05, 3.63) is 34.7 Å². The molecule has 1 aromatic carbocycles. The number of aromatic amines is 1. The van der Waals surface area contributed by atoms with Crippen LogP contribution in [0.3, 0.4) is 0 Å². The van der Waals surface area contributed by atoms with Crippen LogP contribution in [0.4, 0.5) is 0 Å². The molecule has 1 aromatic heterocycles. The summed E-state index contributed by atoms with van der Waals surface area (Å²) in [6, 6.07) is 6.86. The quantitative estimate of drug-likeness (QED) is 0.525. The first-order chi connectivity index (χ1) is 14.0. The van der Waals surface area contributed by atoms with Crippen molar-refractivity contribution in [3.63, 3.8) is 0 Å². The van der Waals surface area contributed by atoms with Crippen molar-refractivity contribution in [1.29, 1.82) is 0 Å². The number of rotatable bonds is 8. The average Bonchev–Trinajstić information content (AvgIpc) is 3.04. The molecule has 158 valence electrons. The van der Waals surface area contributed by atoms with Crippen LogP contribution in [0, 0.1) is 11.8 Å². The van der Waals surface area contributed by atoms with Gasteiger partial charge >= 0.3 is 11.7 Å². The number of amides is 1. The van der Waals surface area contributed by atoms with Gasteiger partial charge in [-0.1, -0.05) is 45.2 Å². The lowest BCUT2D eigenvalue weighted by Gasteiger charge is -2.26. The van der Waals surface area contributed by atoms with Gasteiger partial charge in [0, 0.05) is 12.5 Å². The lowest BCUT2D eigenvalue weighted by atomic mass is 9.88. The van der Waals surface area contributed by atoms with Crippen molar-refractivity contribution in [1.82, 2.24) is 14.9 Å². The van der Waals surface area contributed by atoms with Crippen molar-refractivity contribution in [2.45, 2.75) is 65.0 Å². The van der Waals surface area contributed by atoms with Crippen LogP contribution in [0.5, 0.6) is 0 Å². The minimum absolute atomic E-state index is 0.00606. The Labute approximate surface area is 170 Å². The number of ether oxygens (including phenoxy) is 1. The third-order valence-electron chi connectivity index (χ3n) is 5.65. The maximum Gasteiger partial charge on any atom is 0.328 e. The third kappa shape index (κ3) is 5.28. The van der Waals surface area contributed by atoms with Crippen molar-refractivity contribution < 1.29 is 14.3 Å². The first kappa shape index (κ1) is 21.1. The molecule has 29 heavy (non-hydrogen) atoms. The number of esters is 1. The predicted molar refractivity (Wildman–Crippen MR) is 111 cm³/mol. The molecule has 1 atom stereocenters. The second-order valence-corrected chi connectivity index (χ2v) is 8.19. The van der Waals surface area contributed by atoms with E-state index in [4.69, 9.17) is 4.74 Å². The highest BCUT2D eigenvalue weighted by molar-refractivity contribution is 5.86. The molecule has 1 heterocycles. The number of hydrogen-bond donors (Lipinski definition) is 2. The van der Waals surface area contributed by atoms with E-state index in [9.17, 15) is 14.4 Å². The monoisotopic (exact) mass is 401 g/mol. The number of carbonyl (C=O) groups excluding carboxylic acids is 2. The van der Waals surface area contributed by atoms with Crippen molar-refractivity contribution >= 4 is 22.9 Å². The van der Waals surface area contributed by atoms with Crippen molar-refractivity contribution in [2.75, 3.05) is 6.61 Å². The second-order valence-electron chi connectivity index (χ2n) is 8.19. The van der Waals surface area contributed by atoms with Gasteiger partial charge in [-0.15, -0.1) is 0 Å². The fourth-order valence-electron chi connectivity index (χ4n) is 3.95. The van der Waals surface area contributed by atoms with Gasteiger partial charge < -0.3 is 15.0 Å². The molecule has 1 aliphatic carbocycles. The van der Waals surface area contributed by atoms with Crippen LogP contribution in [0.25, 0.3) is 11.0 Å². The van der Waals surface area contributed by atoms with E-state index in [1.807, 2.05) is 38.1 Å². The van der Waals surface area contributed by atoms with Gasteiger partial charge in [-0.25, -0.2) is 9.59 Å². The SMILES string of the molecule is CC(C)C(NC(=O)C1CCCCC1)C(=O)OCCCn1c(=O)[nH]c2ccccc21. The molecular formula is C22H31N3O4. The number of aromatic nitrogens is 2. The number of aryl methyl sites for hydroxylation is 1. The van der Waals surface area contributed by atoms with Crippen molar-refractivity contribution in [2.24, 2.45) is 11.8 Å². The van der Waals surface area contributed by atoms with Gasteiger partial charge in [0.15, 0.2) is 0 Å². The summed E-state index contributed by atoms with van der Waals surface area (Å²) in [5.41, 5.74) is 1.46. The zero-order chi connectivity index (χ0) is 20.8. The van der Waals surface area contributed by atoms with Crippen molar-refractivity contribution in [3.8, 4) is 0 Å². The molecule has 1 unspecified atom stereocenters. The molecule has 1 aliphatic rings. The van der Waals surface area contributed by atoms with E-state index in [-0.39, 0.29) is 30.0 Å². The fraction of sp³-hybridized carbons (Fsp3) is 0.591. The van der Waals surface area contributed by atoms with E-state index >= 15 is 0 Å². The topological polar surface area (TPSA) is 93.2 Å². The molecule has 7 nitrogen and oxygen atoms in total. The number of H-pyrrole nitrogens is 1. The summed E-state index contributed by atoms with van der Waals surface area (Å²) in [6.45, 7) is 4.46. The summed E-state index contributed by atoms with van der Waals surface area (Å²) in [5.74, 6) is -0.487. The number of benzene rings is 1. The maximum absolute atomic E-state index is 12.5. The Hall–Kier alpha value is -2.57. The molecule has 1 saturated carbocycles. The molecule has 7 heteroatoms. The van der Waals surface area contributed by atoms with Gasteiger partial charge in [0.1, 0.15) is 6.04 Å². The summed E-state index contributed by atoms with van der Waals surface area (Å²) < 4.78 is 7.07. The number of fused-ring (bicyclic) bond motifs is 1. The smallest absolute Gasteiger partial charge is 0.328 e. The Morgan fingerprint density at radius 1 is 1.21 bits per heavy atom. The molecule has 2 aromatic rings. The highest BCUT2D eigenvalue weighted by Gasteiger charge is 2.29. The van der Waals surface area contributed by atoms with Gasteiger partial charge in [-0.3, -0.25) is 9.36 Å². The molecule has 0 spiro atoms. The fourth-order valence-corrected chi connectivity index (χ4v) is 3.95. The molecular weight excluding hydrogens is 370 g/mol. The predicted octanol–water partition coefficient (Wildman–Crippen LogP) is 2.98. The normalized spacial score (nSPS) is 16.1. The van der Waals surface area contributed by atoms with E-state index in [2.05, 4.69) is 10.3 Å². The van der Waals surface area contributed by atoms with Crippen LogP contribution in [-0.4, -0.2) is 34.1 Å². The molecule has 0 saturated heterocycles. The minimum Gasteiger partial charge on any atom is -0.464 e. The Morgan fingerprint density at radius 3 is 2.66 bits per heavy atom. The zero-order valence-corrected chi connectivity index (χ0v) is 17.3. The molecule has 3 rings (SSSR count). The number of hydrogen-bond acceptors (Lipinski definition) is 4. The molecule has 0 bridgehead atoms. The van der Waals surface area contributed by atoms with Crippen LogP contribution in [0.15, 0.2) is 29.1 Å². The lowest BCUT2D eigenvalue weighted by Crippen LogP contribution is -2.47. The number of nitrogens with zero attached hydrogens (tertiary/aromatic N) is 1. The second kappa shape index (κ2) is 9.76. The molecule has 0 radical (unpaired) electrons. The number of carbonyl (C=O) groups is 2. The number of para-hydroxylation sites is 2. The van der Waals surface area contributed by atoms with Crippen LogP contribution in [0.1, 0.15) is 52.4 Å². The Kier molecular flexibility index (Phi) is 7.12. The highest BCUT2D eigenvalue weighted by atomic mass is 16.5. The van der Waals surface area contributed by atoms with Gasteiger partial charge in [0.05, 0.1) is 17.6 Å². The first-order valence-corrected chi connectivity index (χ1v) is 10.6. The van der Waals surface area contributed by atoms with Crippen LogP contribution >= 0.6 is 0 Å². The summed E-state index contributed by atoms with van der Waals surface area (Å²) >= 11 is 0. The summed E-state index contributed by atoms with van der Waals surface area (Å²) in [5, 5.41) is 2.90. The van der Waals surface area contributed by atoms with E-state index in [1.54, 1.807) is 4.57 Å². The van der Waals surface area contributed by atoms with Crippen LogP contribution in [-0.2, 0) is 20.9 Å². The number of imidazole rings is 1. The summed E-state index contributed by atoms with van der Waals surface area (Å²) in [6.07, 6.45) is 5.63. The van der Waals surface area contributed by atoms with Crippen LogP contribution < -0.4 is 11.0 Å². The first-order valence-electron chi connectivity index (χ1n) is 10.6. The van der Waals surface area contributed by atoms with Gasteiger partial charge in [0.25, 0.3) is 0 Å². The molecule has 2 N–H and O–H groups in total. The largest absolute Gasteiger partial charge is 0.464 e. The zero-order valence-electron chi connectivity index (χ0n) is 17.3. The maximum atomic E-state index is 12.5. The summed E-state index contributed by atoms with van der Waals surface area (Å²) in [4.78, 5) is 39.9. The summed E-state index contributed by atoms with van der Waals surface area (Å²) in [7, 11) is 0. The van der Waals surface area contributed by atoms with Gasteiger partial charge in [-0.2, -0.15) is 0 Å². The Morgan fingerprint density at radius 2 is 1.93 bits per heavy atom. The third-order valence-corrected chi connectivity index (χ3v) is 5.65. The van der Waals surface area contributed by atoms with E-state index in [0.29, 0.717) is 13.0 Å². The average molecular weight is 402 g/mol. The molecule has 0 aliphatic heterocycles. The minimum atomic E-state index is -0.639. The van der Waals surface area contributed by atoms with Gasteiger partial charge in [-0.05, 0) is 37.3 Å². The van der Waals surface area contributed by atoms with Crippen LogP contribution in [0.2, 0.25) is 0 Å². The number of nitrogens with one attached hydrogen (secondary N) is 2. The van der Waals surface area contributed by atoms with E-state index in [1.165, 1.54) is 6.42 Å². The molecule has 1 fully saturated rings. The van der Waals surface area contributed by atoms with Gasteiger partial charge in [0.2, 0.25) is 5.91 Å². The lowest BCUT2D eigenvalue weighted by molar-refractivity contribution is -0.150. The van der Waals surface area contributed by atoms with E-state index < -0.39 is 12.0 Å².